The highest BCUT2D eigenvalue weighted by Gasteiger charge is 2.43. The van der Waals surface area contributed by atoms with Gasteiger partial charge in [-0.2, -0.15) is 26.3 Å². The lowest BCUT2D eigenvalue weighted by molar-refractivity contribution is -0.179. The second kappa shape index (κ2) is 12.8. The van der Waals surface area contributed by atoms with Crippen LogP contribution in [0.3, 0.4) is 0 Å². The number of carboxylic acids is 1. The van der Waals surface area contributed by atoms with Gasteiger partial charge in [0.25, 0.3) is 5.56 Å². The molecule has 5 heterocycles. The van der Waals surface area contributed by atoms with E-state index in [0.29, 0.717) is 43.9 Å². The van der Waals surface area contributed by atoms with E-state index in [9.17, 15) is 41.0 Å². The third-order valence-electron chi connectivity index (χ3n) is 8.35. The topological polar surface area (TPSA) is 110 Å². The van der Waals surface area contributed by atoms with E-state index in [1.165, 1.54) is 28.2 Å². The van der Waals surface area contributed by atoms with E-state index < -0.39 is 54.0 Å². The molecule has 0 unspecified atom stereocenters. The first kappa shape index (κ1) is 34.4. The maximum atomic E-state index is 14.1. The zero-order valence-electron chi connectivity index (χ0n) is 25.7. The first-order valence-corrected chi connectivity index (χ1v) is 16.1. The Morgan fingerprint density at radius 2 is 1.73 bits per heavy atom. The maximum absolute atomic E-state index is 14.1. The fourth-order valence-corrected chi connectivity index (χ4v) is 7.13. The second-order valence-electron chi connectivity index (χ2n) is 11.6. The number of aromatic nitrogens is 4. The molecule has 258 valence electrons. The molecular weight excluding hydrogens is 700 g/mol. The molecule has 0 atom stereocenters. The van der Waals surface area contributed by atoms with Gasteiger partial charge in [0.1, 0.15) is 29.6 Å². The number of hydrogen-bond acceptors (Lipinski definition) is 8. The lowest BCUT2D eigenvalue weighted by Gasteiger charge is -2.34. The van der Waals surface area contributed by atoms with E-state index in [-0.39, 0.29) is 48.7 Å². The number of alkyl halides is 6. The van der Waals surface area contributed by atoms with Crippen molar-refractivity contribution in [3.63, 3.8) is 0 Å². The predicted molar refractivity (Wildman–Crippen MR) is 172 cm³/mol. The molecular formula is C32H26ClF6N5O4S. The summed E-state index contributed by atoms with van der Waals surface area (Å²) >= 11 is 7.53. The first-order valence-electron chi connectivity index (χ1n) is 14.9. The number of ether oxygens (including phenoxy) is 1. The molecule has 49 heavy (non-hydrogen) atoms. The minimum absolute atomic E-state index is 0.0537. The van der Waals surface area contributed by atoms with Gasteiger partial charge in [-0.1, -0.05) is 11.6 Å². The number of aromatic carboxylic acids is 1. The number of fused-ring (bicyclic) bond motifs is 2. The molecule has 1 aliphatic heterocycles. The molecule has 1 saturated heterocycles. The lowest BCUT2D eigenvalue weighted by Crippen LogP contribution is -2.40. The molecule has 1 aliphatic rings. The Labute approximate surface area is 282 Å². The van der Waals surface area contributed by atoms with Gasteiger partial charge in [-0.05, 0) is 57.0 Å². The molecule has 4 aromatic heterocycles. The summed E-state index contributed by atoms with van der Waals surface area (Å²) in [5, 5.41) is 11.5. The normalized spacial score (nSPS) is 14.6. The van der Waals surface area contributed by atoms with Crippen LogP contribution in [0.5, 0.6) is 5.75 Å². The highest BCUT2D eigenvalue weighted by Crippen LogP contribution is 2.42. The van der Waals surface area contributed by atoms with Crippen LogP contribution in [0.1, 0.15) is 40.3 Å². The van der Waals surface area contributed by atoms with E-state index >= 15 is 0 Å². The molecule has 1 fully saturated rings. The van der Waals surface area contributed by atoms with Gasteiger partial charge in [0, 0.05) is 40.3 Å². The van der Waals surface area contributed by atoms with E-state index in [0.717, 1.165) is 4.90 Å². The Bertz CT molecular complexity index is 2160. The van der Waals surface area contributed by atoms with E-state index in [2.05, 4.69) is 15.0 Å². The molecule has 1 aromatic carbocycles. The van der Waals surface area contributed by atoms with Crippen molar-refractivity contribution in [3.05, 3.63) is 73.7 Å². The van der Waals surface area contributed by atoms with Crippen molar-refractivity contribution in [2.45, 2.75) is 45.6 Å². The smallest absolute Gasteiger partial charge is 0.420 e. The monoisotopic (exact) mass is 725 g/mol. The number of pyridine rings is 2. The van der Waals surface area contributed by atoms with Crippen molar-refractivity contribution in [2.24, 2.45) is 5.92 Å². The average molecular weight is 726 g/mol. The number of piperidine rings is 1. The van der Waals surface area contributed by atoms with Crippen LogP contribution in [0.2, 0.25) is 5.02 Å². The summed E-state index contributed by atoms with van der Waals surface area (Å²) in [6.07, 6.45) is -10.2. The Morgan fingerprint density at radius 1 is 1.02 bits per heavy atom. The molecule has 0 amide bonds. The van der Waals surface area contributed by atoms with Crippen molar-refractivity contribution in [1.82, 2.24) is 19.5 Å². The van der Waals surface area contributed by atoms with Crippen LogP contribution in [0.4, 0.5) is 32.2 Å². The minimum Gasteiger partial charge on any atom is -0.491 e. The van der Waals surface area contributed by atoms with Crippen LogP contribution >= 0.6 is 22.9 Å². The third-order valence-corrected chi connectivity index (χ3v) is 9.59. The van der Waals surface area contributed by atoms with Crippen LogP contribution in [0, 0.1) is 19.8 Å². The van der Waals surface area contributed by atoms with Gasteiger partial charge >= 0.3 is 18.3 Å². The third kappa shape index (κ3) is 6.75. The Kier molecular flexibility index (Phi) is 8.98. The minimum atomic E-state index is -4.90. The van der Waals surface area contributed by atoms with Crippen LogP contribution < -0.4 is 15.2 Å². The molecule has 6 rings (SSSR count). The number of carbonyl (C=O) groups is 1. The number of thiophene rings is 1. The summed E-state index contributed by atoms with van der Waals surface area (Å²) in [5.41, 5.74) is -0.480. The fourth-order valence-electron chi connectivity index (χ4n) is 5.95. The number of aryl methyl sites for hydroxylation is 2. The van der Waals surface area contributed by atoms with Crippen LogP contribution in [-0.2, 0) is 12.7 Å². The predicted octanol–water partition coefficient (Wildman–Crippen LogP) is 7.91. The first-order chi connectivity index (χ1) is 23.0. The number of carboxylic acid groups (broad SMARTS) is 1. The van der Waals surface area contributed by atoms with Crippen LogP contribution in [0.25, 0.3) is 32.4 Å². The van der Waals surface area contributed by atoms with Crippen molar-refractivity contribution >= 4 is 56.0 Å². The van der Waals surface area contributed by atoms with Crippen LogP contribution in [0.15, 0.2) is 40.5 Å². The molecule has 0 saturated carbocycles. The number of nitrogens with zero attached hydrogens (tertiary/aromatic N) is 5. The van der Waals surface area contributed by atoms with Gasteiger partial charge in [0.2, 0.25) is 0 Å². The molecule has 0 aliphatic carbocycles. The molecule has 9 nitrogen and oxygen atoms in total. The molecule has 1 N–H and O–H groups in total. The van der Waals surface area contributed by atoms with E-state index in [4.69, 9.17) is 16.3 Å². The van der Waals surface area contributed by atoms with Crippen molar-refractivity contribution in [2.75, 3.05) is 24.6 Å². The van der Waals surface area contributed by atoms with Gasteiger partial charge < -0.3 is 14.7 Å². The number of anilines is 1. The summed E-state index contributed by atoms with van der Waals surface area (Å²) in [5.74, 6) is -2.92. The summed E-state index contributed by atoms with van der Waals surface area (Å²) in [6, 6.07) is 7.35. The number of benzene rings is 1. The Morgan fingerprint density at radius 3 is 2.39 bits per heavy atom. The van der Waals surface area contributed by atoms with Crippen molar-refractivity contribution in [3.8, 4) is 16.9 Å². The molecule has 0 bridgehead atoms. The summed E-state index contributed by atoms with van der Waals surface area (Å²) in [6.45, 7) is 2.36. The zero-order chi connectivity index (χ0) is 35.4. The summed E-state index contributed by atoms with van der Waals surface area (Å²) < 4.78 is 89.9. The SMILES string of the molecule is Cc1cc(-c2cc(Cl)ccc2OCCn2c(C)nc3cc(C(F)(F)F)c(N4CCC(C(F)(F)F)CC4)nc3c2=O)c2scc(C(=O)O)c2n1. The number of halogens is 7. The lowest BCUT2D eigenvalue weighted by atomic mass is 9.96. The molecule has 5 aromatic rings. The van der Waals surface area contributed by atoms with E-state index in [1.807, 2.05) is 0 Å². The standard InChI is InChI=1S/C32H26ClF6N5O4S/c1-15-11-20(27-25(40-15)21(14-49-27)30(46)47)19-12-18(33)3-4-24(19)48-10-9-44-16(2)41-23-13-22(32(37,38)39)28(42-26(23)29(44)45)43-7-5-17(6-8-43)31(34,35)36/h3-4,11-14,17H,5-10H2,1-2H3,(H,46,47). The summed E-state index contributed by atoms with van der Waals surface area (Å²) in [4.78, 5) is 39.2. The van der Waals surface area contributed by atoms with Crippen molar-refractivity contribution in [1.29, 1.82) is 0 Å². The Hall–Kier alpha value is -4.44. The fraction of sp³-hybridized carbons (Fsp3) is 0.344. The maximum Gasteiger partial charge on any atom is 0.420 e. The summed E-state index contributed by atoms with van der Waals surface area (Å²) in [7, 11) is 0. The highest BCUT2D eigenvalue weighted by atomic mass is 35.5. The molecule has 17 heteroatoms. The van der Waals surface area contributed by atoms with Gasteiger partial charge in [-0.25, -0.2) is 14.8 Å². The largest absolute Gasteiger partial charge is 0.491 e. The average Bonchev–Trinajstić information content (AvgIpc) is 3.46. The highest BCUT2D eigenvalue weighted by molar-refractivity contribution is 7.18. The van der Waals surface area contributed by atoms with E-state index in [1.54, 1.807) is 31.2 Å². The molecule has 0 spiro atoms. The number of rotatable bonds is 7. The van der Waals surface area contributed by atoms with Gasteiger partial charge in [0.15, 0.2) is 5.52 Å². The molecule has 0 radical (unpaired) electrons. The van der Waals surface area contributed by atoms with Gasteiger partial charge in [-0.3, -0.25) is 14.3 Å². The quantitative estimate of drug-likeness (QED) is 0.169. The zero-order valence-corrected chi connectivity index (χ0v) is 27.3. The Balaban J connectivity index is 1.32. The van der Waals surface area contributed by atoms with Crippen LogP contribution in [-0.4, -0.2) is 56.5 Å². The van der Waals surface area contributed by atoms with Gasteiger partial charge in [-0.15, -0.1) is 11.3 Å². The number of hydrogen-bond donors (Lipinski definition) is 1. The second-order valence-corrected chi connectivity index (χ2v) is 12.9. The van der Waals surface area contributed by atoms with Gasteiger partial charge in [0.05, 0.1) is 33.8 Å². The van der Waals surface area contributed by atoms with Crippen molar-refractivity contribution < 1.29 is 41.0 Å².